The number of amides is 1. The van der Waals surface area contributed by atoms with Crippen LogP contribution in [0.5, 0.6) is 5.75 Å². The first-order chi connectivity index (χ1) is 13.7. The summed E-state index contributed by atoms with van der Waals surface area (Å²) >= 11 is 0. The van der Waals surface area contributed by atoms with Crippen LogP contribution >= 0.6 is 0 Å². The molecule has 1 aliphatic rings. The van der Waals surface area contributed by atoms with Gasteiger partial charge in [-0.25, -0.2) is 8.78 Å². The lowest BCUT2D eigenvalue weighted by molar-refractivity contribution is -0.0558. The molecule has 1 aliphatic heterocycles. The lowest BCUT2D eigenvalue weighted by Crippen LogP contribution is -2.52. The molecule has 1 unspecified atom stereocenters. The molecule has 0 spiro atoms. The molecule has 0 aliphatic carbocycles. The summed E-state index contributed by atoms with van der Waals surface area (Å²) in [6.07, 6.45) is -2.92. The zero-order valence-electron chi connectivity index (χ0n) is 15.1. The Morgan fingerprint density at radius 2 is 1.83 bits per heavy atom. The third kappa shape index (κ3) is 3.00. The largest absolute Gasteiger partial charge is 0.463 e. The van der Waals surface area contributed by atoms with Gasteiger partial charge < -0.3 is 9.15 Å². The van der Waals surface area contributed by atoms with Gasteiger partial charge in [0.15, 0.2) is 11.6 Å². The molecular weight excluding hydrogens is 394 g/mol. The van der Waals surface area contributed by atoms with Crippen LogP contribution in [-0.2, 0) is 5.72 Å². The molecule has 1 aromatic heterocycles. The average molecular weight is 407 g/mol. The first-order valence-corrected chi connectivity index (χ1v) is 8.39. The van der Waals surface area contributed by atoms with Crippen LogP contribution in [0.25, 0.3) is 11.5 Å². The Morgan fingerprint density at radius 1 is 1.07 bits per heavy atom. The van der Waals surface area contributed by atoms with Crippen LogP contribution < -0.4 is 4.74 Å². The highest BCUT2D eigenvalue weighted by Gasteiger charge is 2.43. The smallest absolute Gasteiger partial charge is 0.314 e. The van der Waals surface area contributed by atoms with Crippen molar-refractivity contribution in [2.24, 2.45) is 0 Å². The Labute approximate surface area is 161 Å². The molecule has 10 heteroatoms. The van der Waals surface area contributed by atoms with Crippen molar-refractivity contribution >= 4 is 5.91 Å². The van der Waals surface area contributed by atoms with E-state index in [0.29, 0.717) is 0 Å². The summed E-state index contributed by atoms with van der Waals surface area (Å²) in [6.45, 7) is 1.54. The fraction of sp³-hybridized carbons (Fsp3) is 0.211. The number of ether oxygens (including phenoxy) is 1. The lowest BCUT2D eigenvalue weighted by Gasteiger charge is -2.43. The molecule has 0 fully saturated rings. The third-order valence-electron chi connectivity index (χ3n) is 4.79. The number of carbonyl (C=O) groups excluding carboxylic acids is 1. The second-order valence-corrected chi connectivity index (χ2v) is 6.54. The Morgan fingerprint density at radius 3 is 2.48 bits per heavy atom. The minimum absolute atomic E-state index is 0.127. The number of benzene rings is 2. The standard InChI is InChI=1S/C19H13F4N3O3/c1-19(10-4-5-12(20)13(21)8-10)26(2)18(27)11-7-9(3-6-14(11)29-19)16-24-25-17(28-16)15(22)23/h3-8,15H,1-2H3. The van der Waals surface area contributed by atoms with E-state index in [1.807, 2.05) is 0 Å². The van der Waals surface area contributed by atoms with Crippen LogP contribution in [0.2, 0.25) is 0 Å². The molecule has 4 rings (SSSR count). The van der Waals surface area contributed by atoms with Gasteiger partial charge >= 0.3 is 6.43 Å². The monoisotopic (exact) mass is 407 g/mol. The molecule has 2 heterocycles. The van der Waals surface area contributed by atoms with Crippen LogP contribution in [-0.4, -0.2) is 28.1 Å². The van der Waals surface area contributed by atoms with E-state index in [4.69, 9.17) is 9.15 Å². The maximum atomic E-state index is 13.7. The predicted octanol–water partition coefficient (Wildman–Crippen LogP) is 4.29. The molecule has 0 saturated carbocycles. The molecule has 0 bridgehead atoms. The summed E-state index contributed by atoms with van der Waals surface area (Å²) in [6, 6.07) is 7.52. The highest BCUT2D eigenvalue weighted by atomic mass is 19.3. The number of halogens is 4. The predicted molar refractivity (Wildman–Crippen MR) is 91.1 cm³/mol. The zero-order valence-corrected chi connectivity index (χ0v) is 15.1. The summed E-state index contributed by atoms with van der Waals surface area (Å²) in [7, 11) is 1.45. The number of aromatic nitrogens is 2. The number of fused-ring (bicyclic) bond motifs is 1. The highest BCUT2D eigenvalue weighted by Crippen LogP contribution is 2.40. The second kappa shape index (κ2) is 6.57. The SMILES string of the molecule is CN1C(=O)c2cc(-c3nnc(C(F)F)o3)ccc2OC1(C)c1ccc(F)c(F)c1. The molecule has 1 atom stereocenters. The fourth-order valence-electron chi connectivity index (χ4n) is 3.05. The quantitative estimate of drug-likeness (QED) is 0.606. The number of rotatable bonds is 3. The summed E-state index contributed by atoms with van der Waals surface area (Å²) in [4.78, 5) is 14.2. The summed E-state index contributed by atoms with van der Waals surface area (Å²) in [5.74, 6) is -3.39. The van der Waals surface area contributed by atoms with Gasteiger partial charge in [0.25, 0.3) is 11.8 Å². The number of nitrogens with zero attached hydrogens (tertiary/aromatic N) is 3. The van der Waals surface area contributed by atoms with Crippen molar-refractivity contribution in [1.29, 1.82) is 0 Å². The molecule has 0 radical (unpaired) electrons. The number of alkyl halides is 2. The normalized spacial score (nSPS) is 18.7. The van der Waals surface area contributed by atoms with Gasteiger partial charge in [0.05, 0.1) is 5.56 Å². The number of hydrogen-bond donors (Lipinski definition) is 0. The van der Waals surface area contributed by atoms with Gasteiger partial charge in [-0.2, -0.15) is 8.78 Å². The molecule has 0 saturated heterocycles. The van der Waals surface area contributed by atoms with Crippen LogP contribution in [0, 0.1) is 11.6 Å². The highest BCUT2D eigenvalue weighted by molar-refractivity contribution is 5.99. The van der Waals surface area contributed by atoms with Crippen molar-refractivity contribution < 1.29 is 31.5 Å². The minimum Gasteiger partial charge on any atom is -0.463 e. The van der Waals surface area contributed by atoms with Gasteiger partial charge in [-0.15, -0.1) is 10.2 Å². The molecule has 3 aromatic rings. The van der Waals surface area contributed by atoms with Crippen LogP contribution in [0.15, 0.2) is 40.8 Å². The molecule has 2 aromatic carbocycles. The third-order valence-corrected chi connectivity index (χ3v) is 4.79. The minimum atomic E-state index is -2.92. The van der Waals surface area contributed by atoms with E-state index < -0.39 is 35.6 Å². The first kappa shape index (κ1) is 18.9. The summed E-state index contributed by atoms with van der Waals surface area (Å²) in [5, 5.41) is 6.81. The van der Waals surface area contributed by atoms with E-state index in [-0.39, 0.29) is 28.3 Å². The van der Waals surface area contributed by atoms with Gasteiger partial charge in [-0.3, -0.25) is 9.69 Å². The van der Waals surface area contributed by atoms with Crippen molar-refractivity contribution in [1.82, 2.24) is 15.1 Å². The summed E-state index contributed by atoms with van der Waals surface area (Å²) < 4.78 is 63.2. The maximum Gasteiger partial charge on any atom is 0.314 e. The Balaban J connectivity index is 1.74. The van der Waals surface area contributed by atoms with Gasteiger partial charge in [0.2, 0.25) is 11.6 Å². The van der Waals surface area contributed by atoms with E-state index in [2.05, 4.69) is 10.2 Å². The van der Waals surface area contributed by atoms with E-state index in [1.165, 1.54) is 36.2 Å². The molecular formula is C19H13F4N3O3. The zero-order chi connectivity index (χ0) is 20.9. The van der Waals surface area contributed by atoms with Crippen molar-refractivity contribution in [3.05, 3.63) is 65.1 Å². The van der Waals surface area contributed by atoms with Crippen molar-refractivity contribution in [2.75, 3.05) is 7.05 Å². The van der Waals surface area contributed by atoms with Crippen LogP contribution in [0.3, 0.4) is 0 Å². The van der Waals surface area contributed by atoms with Crippen molar-refractivity contribution in [3.63, 3.8) is 0 Å². The Hall–Kier alpha value is -3.43. The first-order valence-electron chi connectivity index (χ1n) is 8.39. The molecule has 150 valence electrons. The van der Waals surface area contributed by atoms with E-state index in [0.717, 1.165) is 12.1 Å². The number of carbonyl (C=O) groups is 1. The maximum absolute atomic E-state index is 13.7. The second-order valence-electron chi connectivity index (χ2n) is 6.54. The average Bonchev–Trinajstić information content (AvgIpc) is 3.19. The van der Waals surface area contributed by atoms with Crippen molar-refractivity contribution in [3.8, 4) is 17.2 Å². The number of hydrogen-bond acceptors (Lipinski definition) is 5. The van der Waals surface area contributed by atoms with E-state index >= 15 is 0 Å². The van der Waals surface area contributed by atoms with E-state index in [1.54, 1.807) is 6.92 Å². The Kier molecular flexibility index (Phi) is 4.29. The molecule has 6 nitrogen and oxygen atoms in total. The van der Waals surface area contributed by atoms with E-state index in [9.17, 15) is 22.4 Å². The van der Waals surface area contributed by atoms with Crippen LogP contribution in [0.1, 0.15) is 35.2 Å². The van der Waals surface area contributed by atoms with Gasteiger partial charge in [0, 0.05) is 18.2 Å². The summed E-state index contributed by atoms with van der Waals surface area (Å²) in [5.41, 5.74) is -0.778. The molecule has 1 amide bonds. The molecule has 0 N–H and O–H groups in total. The van der Waals surface area contributed by atoms with Gasteiger partial charge in [0.1, 0.15) is 5.75 Å². The Bertz CT molecular complexity index is 1120. The fourth-order valence-corrected chi connectivity index (χ4v) is 3.05. The van der Waals surface area contributed by atoms with Gasteiger partial charge in [-0.1, -0.05) is 0 Å². The molecule has 29 heavy (non-hydrogen) atoms. The topological polar surface area (TPSA) is 68.5 Å². The lowest BCUT2D eigenvalue weighted by atomic mass is 9.97. The van der Waals surface area contributed by atoms with Gasteiger partial charge in [-0.05, 0) is 43.3 Å². The van der Waals surface area contributed by atoms with Crippen molar-refractivity contribution in [2.45, 2.75) is 19.1 Å². The van der Waals surface area contributed by atoms with Crippen LogP contribution in [0.4, 0.5) is 17.6 Å².